The molecule has 0 atom stereocenters. The van der Waals surface area contributed by atoms with E-state index in [0.29, 0.717) is 23.2 Å². The molecule has 2 N–H and O–H groups in total. The first-order valence-electron chi connectivity index (χ1n) is 8.84. The number of nitrogens with zero attached hydrogens (tertiary/aromatic N) is 1. The van der Waals surface area contributed by atoms with Gasteiger partial charge in [-0.15, -0.1) is 0 Å². The fourth-order valence-electron chi connectivity index (χ4n) is 3.09. The number of aromatic nitrogens is 1. The number of benzene rings is 1. The third-order valence-corrected chi connectivity index (χ3v) is 4.15. The topological polar surface area (TPSA) is 79.3 Å². The summed E-state index contributed by atoms with van der Waals surface area (Å²) in [4.78, 5) is 28.2. The van der Waals surface area contributed by atoms with Crippen LogP contribution in [0.15, 0.2) is 30.3 Å². The fraction of sp³-hybridized carbons (Fsp3) is 0.381. The van der Waals surface area contributed by atoms with Crippen LogP contribution in [0, 0.1) is 12.8 Å². The number of amides is 1. The Labute approximate surface area is 154 Å². The minimum Gasteiger partial charge on any atom is -0.478 e. The number of rotatable bonds is 6. The Bertz CT molecular complexity index is 809. The van der Waals surface area contributed by atoms with E-state index in [2.05, 4.69) is 38.0 Å². The highest BCUT2D eigenvalue weighted by Crippen LogP contribution is 2.25. The van der Waals surface area contributed by atoms with E-state index in [1.807, 2.05) is 13.0 Å². The third-order valence-electron chi connectivity index (χ3n) is 4.15. The molecule has 0 fully saturated rings. The Hall–Kier alpha value is -2.69. The Kier molecular flexibility index (Phi) is 6.14. The van der Waals surface area contributed by atoms with E-state index in [1.54, 1.807) is 12.1 Å². The molecule has 1 amide bonds. The number of carbonyl (C=O) groups excluding carboxylic acids is 1. The van der Waals surface area contributed by atoms with Gasteiger partial charge in [-0.3, -0.25) is 4.79 Å². The molecule has 5 heteroatoms. The zero-order valence-corrected chi connectivity index (χ0v) is 16.0. The average molecular weight is 354 g/mol. The first-order valence-corrected chi connectivity index (χ1v) is 8.84. The van der Waals surface area contributed by atoms with Crippen molar-refractivity contribution < 1.29 is 14.7 Å². The van der Waals surface area contributed by atoms with Crippen LogP contribution in [0.4, 0.5) is 5.69 Å². The van der Waals surface area contributed by atoms with Crippen molar-refractivity contribution in [2.24, 2.45) is 5.92 Å². The van der Waals surface area contributed by atoms with Gasteiger partial charge in [-0.2, -0.15) is 0 Å². The van der Waals surface area contributed by atoms with Gasteiger partial charge in [0.05, 0.1) is 5.56 Å². The van der Waals surface area contributed by atoms with Crippen molar-refractivity contribution >= 4 is 17.6 Å². The van der Waals surface area contributed by atoms with E-state index >= 15 is 0 Å². The van der Waals surface area contributed by atoms with E-state index in [-0.39, 0.29) is 11.5 Å². The molecular formula is C21H26N2O3. The van der Waals surface area contributed by atoms with Crippen molar-refractivity contribution in [3.8, 4) is 0 Å². The van der Waals surface area contributed by atoms with Gasteiger partial charge in [-0.05, 0) is 66.6 Å². The molecule has 0 aliphatic rings. The summed E-state index contributed by atoms with van der Waals surface area (Å²) in [5, 5.41) is 11.7. The van der Waals surface area contributed by atoms with E-state index in [0.717, 1.165) is 17.7 Å². The Morgan fingerprint density at radius 2 is 1.73 bits per heavy atom. The molecule has 0 unspecified atom stereocenters. The lowest BCUT2D eigenvalue weighted by atomic mass is 9.92. The highest BCUT2D eigenvalue weighted by Gasteiger charge is 2.18. The summed E-state index contributed by atoms with van der Waals surface area (Å²) < 4.78 is 0. The van der Waals surface area contributed by atoms with E-state index in [1.165, 1.54) is 17.7 Å². The summed E-state index contributed by atoms with van der Waals surface area (Å²) in [7, 11) is 0. The SMILES string of the molecule is Cc1cc(C(=O)Nc2ccc(C(=O)O)cc2)nc(CC(C)C)c1C(C)C. The largest absolute Gasteiger partial charge is 0.478 e. The van der Waals surface area contributed by atoms with Gasteiger partial charge >= 0.3 is 5.97 Å². The second kappa shape index (κ2) is 8.13. The smallest absolute Gasteiger partial charge is 0.335 e. The molecule has 0 radical (unpaired) electrons. The summed E-state index contributed by atoms with van der Waals surface area (Å²) in [5.74, 6) is -0.502. The molecule has 5 nitrogen and oxygen atoms in total. The minimum atomic E-state index is -0.997. The number of aryl methyl sites for hydroxylation is 1. The summed E-state index contributed by atoms with van der Waals surface area (Å²) in [6, 6.07) is 7.89. The normalized spacial score (nSPS) is 11.0. The molecule has 1 aromatic carbocycles. The molecule has 1 heterocycles. The lowest BCUT2D eigenvalue weighted by Gasteiger charge is -2.18. The van der Waals surface area contributed by atoms with Crippen LogP contribution in [0.2, 0.25) is 0 Å². The molecule has 0 aliphatic carbocycles. The van der Waals surface area contributed by atoms with Crippen molar-refractivity contribution in [2.45, 2.75) is 47.0 Å². The molecular weight excluding hydrogens is 328 g/mol. The molecule has 26 heavy (non-hydrogen) atoms. The Balaban J connectivity index is 2.30. The van der Waals surface area contributed by atoms with Crippen LogP contribution >= 0.6 is 0 Å². The number of carboxylic acids is 1. The highest BCUT2D eigenvalue weighted by molar-refractivity contribution is 6.03. The lowest BCUT2D eigenvalue weighted by Crippen LogP contribution is -2.17. The molecule has 2 aromatic rings. The first-order chi connectivity index (χ1) is 12.2. The number of aromatic carboxylic acids is 1. The van der Waals surface area contributed by atoms with Crippen LogP contribution in [0.1, 0.15) is 71.3 Å². The van der Waals surface area contributed by atoms with Crippen LogP contribution in [-0.2, 0) is 6.42 Å². The third kappa shape index (κ3) is 4.69. The number of nitrogens with one attached hydrogen (secondary N) is 1. The highest BCUT2D eigenvalue weighted by atomic mass is 16.4. The van der Waals surface area contributed by atoms with Gasteiger partial charge in [0.25, 0.3) is 5.91 Å². The van der Waals surface area contributed by atoms with Crippen LogP contribution in [0.3, 0.4) is 0 Å². The van der Waals surface area contributed by atoms with Gasteiger partial charge < -0.3 is 10.4 Å². The molecule has 2 rings (SSSR count). The van der Waals surface area contributed by atoms with Crippen LogP contribution in [0.5, 0.6) is 0 Å². The number of anilines is 1. The van der Waals surface area contributed by atoms with Crippen LogP contribution in [0.25, 0.3) is 0 Å². The number of carbonyl (C=O) groups is 2. The standard InChI is InChI=1S/C21H26N2O3/c1-12(2)10-17-19(13(3)4)14(5)11-18(23-17)20(24)22-16-8-6-15(7-9-16)21(25)26/h6-9,11-13H,10H2,1-5H3,(H,22,24)(H,25,26). The number of pyridine rings is 1. The Morgan fingerprint density at radius 1 is 1.12 bits per heavy atom. The fourth-order valence-corrected chi connectivity index (χ4v) is 3.09. The van der Waals surface area contributed by atoms with Crippen LogP contribution in [-0.4, -0.2) is 22.0 Å². The second-order valence-electron chi connectivity index (χ2n) is 7.27. The van der Waals surface area contributed by atoms with Crippen molar-refractivity contribution in [1.82, 2.24) is 4.98 Å². The second-order valence-corrected chi connectivity index (χ2v) is 7.27. The van der Waals surface area contributed by atoms with Gasteiger partial charge in [0.2, 0.25) is 0 Å². The molecule has 0 saturated carbocycles. The van der Waals surface area contributed by atoms with Crippen LogP contribution < -0.4 is 5.32 Å². The minimum absolute atomic E-state index is 0.178. The van der Waals surface area contributed by atoms with Crippen molar-refractivity contribution in [2.75, 3.05) is 5.32 Å². The van der Waals surface area contributed by atoms with Gasteiger partial charge in [-0.1, -0.05) is 27.7 Å². The van der Waals surface area contributed by atoms with Crippen molar-refractivity contribution in [3.05, 3.63) is 58.4 Å². The molecule has 0 saturated heterocycles. The zero-order chi connectivity index (χ0) is 19.4. The maximum Gasteiger partial charge on any atom is 0.335 e. The maximum absolute atomic E-state index is 12.6. The van der Waals surface area contributed by atoms with Gasteiger partial charge in [0.15, 0.2) is 0 Å². The molecule has 138 valence electrons. The first kappa shape index (κ1) is 19.6. The van der Waals surface area contributed by atoms with Gasteiger partial charge in [-0.25, -0.2) is 9.78 Å². The number of hydrogen-bond acceptors (Lipinski definition) is 3. The predicted molar refractivity (Wildman–Crippen MR) is 103 cm³/mol. The molecule has 1 aromatic heterocycles. The maximum atomic E-state index is 12.6. The monoisotopic (exact) mass is 354 g/mol. The van der Waals surface area contributed by atoms with E-state index in [4.69, 9.17) is 5.11 Å². The molecule has 0 aliphatic heterocycles. The summed E-state index contributed by atoms with van der Waals surface area (Å²) in [5.41, 5.74) is 4.35. The summed E-state index contributed by atoms with van der Waals surface area (Å²) in [6.07, 6.45) is 0.822. The zero-order valence-electron chi connectivity index (χ0n) is 16.0. The predicted octanol–water partition coefficient (Wildman–Crippen LogP) is 4.66. The van der Waals surface area contributed by atoms with E-state index < -0.39 is 5.97 Å². The summed E-state index contributed by atoms with van der Waals surface area (Å²) in [6.45, 7) is 10.6. The van der Waals surface area contributed by atoms with Gasteiger partial charge in [0.1, 0.15) is 5.69 Å². The summed E-state index contributed by atoms with van der Waals surface area (Å²) >= 11 is 0. The van der Waals surface area contributed by atoms with Gasteiger partial charge in [0, 0.05) is 11.4 Å². The van der Waals surface area contributed by atoms with Crippen molar-refractivity contribution in [1.29, 1.82) is 0 Å². The average Bonchev–Trinajstić information content (AvgIpc) is 2.53. The quantitative estimate of drug-likeness (QED) is 0.790. The van der Waals surface area contributed by atoms with Crippen molar-refractivity contribution in [3.63, 3.8) is 0 Å². The lowest BCUT2D eigenvalue weighted by molar-refractivity contribution is 0.0696. The molecule has 0 bridgehead atoms. The number of hydrogen-bond donors (Lipinski definition) is 2. The van der Waals surface area contributed by atoms with E-state index in [9.17, 15) is 9.59 Å². The Morgan fingerprint density at radius 3 is 2.23 bits per heavy atom. The molecule has 0 spiro atoms. The number of carboxylic acid groups (broad SMARTS) is 1.